The molecule has 1 aromatic heterocycles. The summed E-state index contributed by atoms with van der Waals surface area (Å²) in [6.45, 7) is 6.83. The van der Waals surface area contributed by atoms with Gasteiger partial charge in [0.1, 0.15) is 17.1 Å². The third-order valence-corrected chi connectivity index (χ3v) is 11.0. The van der Waals surface area contributed by atoms with Crippen LogP contribution >= 0.6 is 11.6 Å². The number of phenolic OH excluding ortho intramolecular Hbond substituents is 1. The number of rotatable bonds is 8. The standard InChI is InChI=1S/C36H41ClFN5O3/c1-2-21(16-42-25-10-11-26(42)20-45-19-25)18-46-36-40-34-30(35(41-36)43-17-23-7-5-8-24(43)15-39-23)14-31(37)32(33(34)38)29-13-27(44)12-22-6-3-4-9-28(22)29/h3-4,6,9,12-14,21,23-26,39,44H,2,5,7-8,10-11,15-20H2,1H3. The van der Waals surface area contributed by atoms with E-state index < -0.39 is 5.82 Å². The topological polar surface area (TPSA) is 83.0 Å². The van der Waals surface area contributed by atoms with Crippen molar-refractivity contribution in [1.29, 1.82) is 0 Å². The van der Waals surface area contributed by atoms with Crippen LogP contribution in [0.3, 0.4) is 0 Å². The van der Waals surface area contributed by atoms with E-state index in [1.54, 1.807) is 18.2 Å². The Morgan fingerprint density at radius 3 is 2.72 bits per heavy atom. The minimum Gasteiger partial charge on any atom is -0.508 e. The molecule has 6 heterocycles. The van der Waals surface area contributed by atoms with Crippen LogP contribution in [0.1, 0.15) is 45.4 Å². The molecule has 5 atom stereocenters. The molecular formula is C36H41ClFN5O3. The number of fused-ring (bicyclic) bond motifs is 8. The summed E-state index contributed by atoms with van der Waals surface area (Å²) >= 11 is 6.95. The van der Waals surface area contributed by atoms with E-state index in [1.165, 1.54) is 12.8 Å². The zero-order valence-corrected chi connectivity index (χ0v) is 27.0. The largest absolute Gasteiger partial charge is 0.508 e. The van der Waals surface area contributed by atoms with Crippen LogP contribution in [0.15, 0.2) is 42.5 Å². The van der Waals surface area contributed by atoms with E-state index in [9.17, 15) is 5.11 Å². The molecule has 0 amide bonds. The SMILES string of the molecule is CCC(COc1nc(N2CC3CCCC2CN3)c2cc(Cl)c(-c3cc(O)cc4ccccc34)c(F)c2n1)CN1C2CCC1COC2. The van der Waals surface area contributed by atoms with Crippen molar-refractivity contribution >= 4 is 39.1 Å². The molecule has 10 heteroatoms. The van der Waals surface area contributed by atoms with E-state index in [2.05, 4.69) is 22.0 Å². The fraction of sp³-hybridized carbons (Fsp3) is 0.500. The Balaban J connectivity index is 1.20. The van der Waals surface area contributed by atoms with Crippen LogP contribution < -0.4 is 15.0 Å². The van der Waals surface area contributed by atoms with Gasteiger partial charge in [-0.05, 0) is 73.1 Å². The molecule has 0 saturated carbocycles. The fourth-order valence-corrected chi connectivity index (χ4v) is 8.46. The lowest BCUT2D eigenvalue weighted by Crippen LogP contribution is -2.54. The predicted molar refractivity (Wildman–Crippen MR) is 179 cm³/mol. The average molecular weight is 646 g/mol. The molecule has 3 aromatic carbocycles. The Morgan fingerprint density at radius 2 is 1.89 bits per heavy atom. The molecule has 0 radical (unpaired) electrons. The number of hydrogen-bond donors (Lipinski definition) is 2. The van der Waals surface area contributed by atoms with Crippen LogP contribution in [-0.2, 0) is 4.74 Å². The van der Waals surface area contributed by atoms with Gasteiger partial charge in [-0.15, -0.1) is 0 Å². The molecule has 0 spiro atoms. The summed E-state index contributed by atoms with van der Waals surface area (Å²) in [5, 5.41) is 16.7. The van der Waals surface area contributed by atoms with Crippen LogP contribution in [0.2, 0.25) is 5.02 Å². The van der Waals surface area contributed by atoms with Crippen LogP contribution in [-0.4, -0.2) is 83.6 Å². The molecule has 5 unspecified atom stereocenters. The summed E-state index contributed by atoms with van der Waals surface area (Å²) in [7, 11) is 0. The van der Waals surface area contributed by atoms with Gasteiger partial charge in [0.25, 0.3) is 0 Å². The van der Waals surface area contributed by atoms with Crippen molar-refractivity contribution in [1.82, 2.24) is 20.2 Å². The van der Waals surface area contributed by atoms with Crippen LogP contribution in [0.25, 0.3) is 32.8 Å². The molecule has 5 aliphatic heterocycles. The van der Waals surface area contributed by atoms with Crippen LogP contribution in [0, 0.1) is 11.7 Å². The highest BCUT2D eigenvalue weighted by molar-refractivity contribution is 6.35. The fourth-order valence-electron chi connectivity index (χ4n) is 8.17. The number of benzene rings is 3. The zero-order valence-electron chi connectivity index (χ0n) is 26.2. The second-order valence-electron chi connectivity index (χ2n) is 13.5. The summed E-state index contributed by atoms with van der Waals surface area (Å²) < 4.78 is 29.2. The van der Waals surface area contributed by atoms with Gasteiger partial charge in [-0.2, -0.15) is 9.97 Å². The number of hydrogen-bond acceptors (Lipinski definition) is 8. The van der Waals surface area contributed by atoms with Crippen molar-refractivity contribution in [2.24, 2.45) is 5.92 Å². The number of piperazine rings is 1. The number of aromatic hydroxyl groups is 1. The summed E-state index contributed by atoms with van der Waals surface area (Å²) in [5.74, 6) is 0.461. The Kier molecular flexibility index (Phi) is 8.13. The van der Waals surface area contributed by atoms with Crippen molar-refractivity contribution in [2.75, 3.05) is 44.4 Å². The minimum absolute atomic E-state index is 0.0454. The number of morpholine rings is 1. The quantitative estimate of drug-likeness (QED) is 0.223. The molecular weight excluding hydrogens is 605 g/mol. The highest BCUT2D eigenvalue weighted by Gasteiger charge is 2.38. The minimum atomic E-state index is -0.540. The lowest BCUT2D eigenvalue weighted by molar-refractivity contribution is -0.0246. The summed E-state index contributed by atoms with van der Waals surface area (Å²) in [6, 6.07) is 14.4. The van der Waals surface area contributed by atoms with E-state index in [0.29, 0.717) is 41.5 Å². The molecule has 4 bridgehead atoms. The first-order chi connectivity index (χ1) is 22.5. The first kappa shape index (κ1) is 30.1. The monoisotopic (exact) mass is 645 g/mol. The molecule has 9 rings (SSSR count). The smallest absolute Gasteiger partial charge is 0.319 e. The van der Waals surface area contributed by atoms with Crippen molar-refractivity contribution in [3.05, 3.63) is 53.3 Å². The Hall–Kier alpha value is -3.24. The summed E-state index contributed by atoms with van der Waals surface area (Å²) in [5.41, 5.74) is 0.913. The molecule has 242 valence electrons. The van der Waals surface area contributed by atoms with Gasteiger partial charge in [0.15, 0.2) is 5.82 Å². The Morgan fingerprint density at radius 1 is 1.07 bits per heavy atom. The van der Waals surface area contributed by atoms with Gasteiger partial charge in [0.2, 0.25) is 0 Å². The highest BCUT2D eigenvalue weighted by Crippen LogP contribution is 2.43. The van der Waals surface area contributed by atoms with Gasteiger partial charge >= 0.3 is 6.01 Å². The number of ether oxygens (including phenoxy) is 2. The number of nitrogens with zero attached hydrogens (tertiary/aromatic N) is 4. The van der Waals surface area contributed by atoms with Gasteiger partial charge < -0.3 is 24.8 Å². The predicted octanol–water partition coefficient (Wildman–Crippen LogP) is 6.55. The molecule has 46 heavy (non-hydrogen) atoms. The normalized spacial score (nSPS) is 25.3. The molecule has 5 aliphatic rings. The van der Waals surface area contributed by atoms with E-state index >= 15 is 4.39 Å². The van der Waals surface area contributed by atoms with Crippen LogP contribution in [0.5, 0.6) is 11.8 Å². The van der Waals surface area contributed by atoms with Gasteiger partial charge in [-0.25, -0.2) is 4.39 Å². The average Bonchev–Trinajstić information content (AvgIpc) is 3.30. The lowest BCUT2D eigenvalue weighted by atomic mass is 9.96. The third kappa shape index (κ3) is 5.45. The molecule has 2 N–H and O–H groups in total. The summed E-state index contributed by atoms with van der Waals surface area (Å²) in [6.07, 6.45) is 6.60. The number of anilines is 1. The first-order valence-corrected chi connectivity index (χ1v) is 17.2. The third-order valence-electron chi connectivity index (χ3n) is 10.7. The van der Waals surface area contributed by atoms with E-state index in [-0.39, 0.29) is 39.8 Å². The van der Waals surface area contributed by atoms with Crippen molar-refractivity contribution in [2.45, 2.75) is 69.6 Å². The van der Waals surface area contributed by atoms with Crippen LogP contribution in [0.4, 0.5) is 10.2 Å². The molecule has 4 aromatic rings. The Bertz CT molecular complexity index is 1750. The van der Waals surface area contributed by atoms with Gasteiger partial charge in [0, 0.05) is 60.7 Å². The van der Waals surface area contributed by atoms with Gasteiger partial charge in [-0.1, -0.05) is 42.8 Å². The summed E-state index contributed by atoms with van der Waals surface area (Å²) in [4.78, 5) is 14.6. The van der Waals surface area contributed by atoms with Gasteiger partial charge in [-0.3, -0.25) is 4.90 Å². The number of nitrogens with one attached hydrogen (secondary N) is 1. The maximum atomic E-state index is 17.0. The van der Waals surface area contributed by atoms with Crippen molar-refractivity contribution < 1.29 is 19.0 Å². The number of aromatic nitrogens is 2. The number of halogens is 2. The zero-order chi connectivity index (χ0) is 31.4. The molecule has 5 fully saturated rings. The van der Waals surface area contributed by atoms with E-state index in [4.69, 9.17) is 31.0 Å². The van der Waals surface area contributed by atoms with E-state index in [1.807, 2.05) is 24.3 Å². The maximum absolute atomic E-state index is 17.0. The first-order valence-electron chi connectivity index (χ1n) is 16.8. The molecule has 8 nitrogen and oxygen atoms in total. The highest BCUT2D eigenvalue weighted by atomic mass is 35.5. The van der Waals surface area contributed by atoms with Gasteiger partial charge in [0.05, 0.1) is 24.8 Å². The van der Waals surface area contributed by atoms with Crippen molar-refractivity contribution in [3.8, 4) is 22.9 Å². The second kappa shape index (κ2) is 12.4. The second-order valence-corrected chi connectivity index (χ2v) is 13.9. The van der Waals surface area contributed by atoms with Crippen molar-refractivity contribution in [3.63, 3.8) is 0 Å². The maximum Gasteiger partial charge on any atom is 0.319 e. The Labute approximate surface area is 273 Å². The molecule has 5 saturated heterocycles. The lowest BCUT2D eigenvalue weighted by Gasteiger charge is -2.39. The molecule has 0 aliphatic carbocycles. The van der Waals surface area contributed by atoms with E-state index in [0.717, 1.165) is 69.3 Å². The number of phenols is 1.